The van der Waals surface area contributed by atoms with Crippen molar-refractivity contribution >= 4 is 0 Å². The van der Waals surface area contributed by atoms with E-state index in [0.717, 1.165) is 25.7 Å². The third-order valence-electron chi connectivity index (χ3n) is 3.20. The predicted molar refractivity (Wildman–Crippen MR) is 65.4 cm³/mol. The second kappa shape index (κ2) is 6.25. The maximum atomic E-state index is 12.5. The molecule has 0 aliphatic carbocycles. The molecule has 0 bridgehead atoms. The van der Waals surface area contributed by atoms with E-state index in [2.05, 4.69) is 12.0 Å². The zero-order valence-electron chi connectivity index (χ0n) is 11.2. The minimum Gasteiger partial charge on any atom is -0.272 e. The quantitative estimate of drug-likeness (QED) is 0.689. The molecule has 104 valence electrons. The normalized spacial score (nSPS) is 13.9. The average molecular weight is 262 g/mol. The van der Waals surface area contributed by atoms with Crippen molar-refractivity contribution in [1.29, 1.82) is 0 Å². The highest BCUT2D eigenvalue weighted by atomic mass is 19.4. The Labute approximate surface area is 106 Å². The Morgan fingerprint density at radius 1 is 1.28 bits per heavy atom. The van der Waals surface area contributed by atoms with Gasteiger partial charge in [-0.05, 0) is 18.4 Å². The van der Waals surface area contributed by atoms with Gasteiger partial charge in [-0.15, -0.1) is 0 Å². The first-order valence-corrected chi connectivity index (χ1v) is 6.47. The van der Waals surface area contributed by atoms with Gasteiger partial charge in [-0.2, -0.15) is 18.3 Å². The van der Waals surface area contributed by atoms with Gasteiger partial charge in [0.1, 0.15) is 0 Å². The molecule has 18 heavy (non-hydrogen) atoms. The molecule has 0 fully saturated rings. The number of halogens is 3. The number of hydrogen-bond acceptors (Lipinski definition) is 1. The van der Waals surface area contributed by atoms with E-state index in [1.807, 2.05) is 6.92 Å². The van der Waals surface area contributed by atoms with E-state index >= 15 is 0 Å². The van der Waals surface area contributed by atoms with Gasteiger partial charge in [-0.3, -0.25) is 4.68 Å². The molecule has 0 aromatic carbocycles. The molecule has 0 aliphatic heterocycles. The van der Waals surface area contributed by atoms with Crippen molar-refractivity contribution in [3.63, 3.8) is 0 Å². The van der Waals surface area contributed by atoms with Crippen LogP contribution >= 0.6 is 0 Å². The molecule has 1 aromatic rings. The largest absolute Gasteiger partial charge is 0.435 e. The monoisotopic (exact) mass is 262 g/mol. The van der Waals surface area contributed by atoms with Crippen LogP contribution in [0.1, 0.15) is 63.3 Å². The molecule has 0 amide bonds. The van der Waals surface area contributed by atoms with Crippen LogP contribution in [0.3, 0.4) is 0 Å². The lowest BCUT2D eigenvalue weighted by Gasteiger charge is -2.11. The molecule has 2 nitrogen and oxygen atoms in total. The first-order valence-electron chi connectivity index (χ1n) is 6.47. The zero-order chi connectivity index (χ0) is 13.8. The van der Waals surface area contributed by atoms with Gasteiger partial charge in [-0.25, -0.2) is 0 Å². The van der Waals surface area contributed by atoms with Crippen LogP contribution < -0.4 is 0 Å². The molecule has 1 aromatic heterocycles. The van der Waals surface area contributed by atoms with Crippen LogP contribution in [-0.4, -0.2) is 9.78 Å². The summed E-state index contributed by atoms with van der Waals surface area (Å²) in [5.74, 6) is 0.121. The summed E-state index contributed by atoms with van der Waals surface area (Å²) in [6.45, 7) is 4.10. The number of rotatable bonds is 6. The molecule has 0 N–H and O–H groups in total. The van der Waals surface area contributed by atoms with Crippen LogP contribution in [0, 0.1) is 0 Å². The fourth-order valence-electron chi connectivity index (χ4n) is 2.11. The Balaban J connectivity index is 2.63. The molecular weight excluding hydrogens is 241 g/mol. The molecule has 1 unspecified atom stereocenters. The standard InChI is InChI=1S/C13H21F3N2/c1-4-5-6-7-8-10(2)11-9-12(13(14,15)16)17-18(11)3/h9-10H,4-8H2,1-3H3. The molecule has 5 heteroatoms. The van der Waals surface area contributed by atoms with Gasteiger partial charge in [0.15, 0.2) is 5.69 Å². The zero-order valence-corrected chi connectivity index (χ0v) is 11.2. The Kier molecular flexibility index (Phi) is 5.23. The molecule has 0 saturated carbocycles. The summed E-state index contributed by atoms with van der Waals surface area (Å²) < 4.78 is 38.9. The summed E-state index contributed by atoms with van der Waals surface area (Å²) in [6, 6.07) is 1.17. The second-order valence-electron chi connectivity index (χ2n) is 4.83. The Morgan fingerprint density at radius 3 is 2.44 bits per heavy atom. The summed E-state index contributed by atoms with van der Waals surface area (Å²) in [4.78, 5) is 0. The van der Waals surface area contributed by atoms with E-state index in [9.17, 15) is 13.2 Å². The first kappa shape index (κ1) is 15.1. The minimum absolute atomic E-state index is 0.121. The summed E-state index contributed by atoms with van der Waals surface area (Å²) in [5.41, 5.74) is -0.126. The van der Waals surface area contributed by atoms with Crippen LogP contribution in [0.4, 0.5) is 13.2 Å². The lowest BCUT2D eigenvalue weighted by Crippen LogP contribution is -2.06. The molecule has 1 heterocycles. The smallest absolute Gasteiger partial charge is 0.272 e. The van der Waals surface area contributed by atoms with Crippen LogP contribution in [0.2, 0.25) is 0 Å². The lowest BCUT2D eigenvalue weighted by atomic mass is 9.99. The van der Waals surface area contributed by atoms with Gasteiger partial charge in [-0.1, -0.05) is 39.5 Å². The van der Waals surface area contributed by atoms with Gasteiger partial charge in [0.2, 0.25) is 0 Å². The molecule has 0 radical (unpaired) electrons. The maximum Gasteiger partial charge on any atom is 0.435 e. The van der Waals surface area contributed by atoms with Gasteiger partial charge in [0.05, 0.1) is 0 Å². The summed E-state index contributed by atoms with van der Waals surface area (Å²) in [7, 11) is 1.58. The van der Waals surface area contributed by atoms with Gasteiger partial charge in [0, 0.05) is 12.7 Å². The Bertz CT molecular complexity index is 369. The average Bonchev–Trinajstić information content (AvgIpc) is 2.66. The van der Waals surface area contributed by atoms with Gasteiger partial charge < -0.3 is 0 Å². The summed E-state index contributed by atoms with van der Waals surface area (Å²) in [5, 5.41) is 3.54. The first-order chi connectivity index (χ1) is 8.36. The molecule has 1 rings (SSSR count). The van der Waals surface area contributed by atoms with Crippen molar-refractivity contribution in [2.24, 2.45) is 7.05 Å². The van der Waals surface area contributed by atoms with Crippen molar-refractivity contribution in [3.8, 4) is 0 Å². The number of unbranched alkanes of at least 4 members (excludes halogenated alkanes) is 3. The van der Waals surface area contributed by atoms with Crippen molar-refractivity contribution in [2.75, 3.05) is 0 Å². The molecular formula is C13H21F3N2. The summed E-state index contributed by atoms with van der Waals surface area (Å²) in [6.07, 6.45) is 1.12. The topological polar surface area (TPSA) is 17.8 Å². The highest BCUT2D eigenvalue weighted by Crippen LogP contribution is 2.31. The molecule has 0 aliphatic rings. The van der Waals surface area contributed by atoms with Crippen LogP contribution in [0.5, 0.6) is 0 Å². The van der Waals surface area contributed by atoms with E-state index in [1.165, 1.54) is 17.2 Å². The fourth-order valence-corrected chi connectivity index (χ4v) is 2.11. The van der Waals surface area contributed by atoms with Crippen molar-refractivity contribution in [3.05, 3.63) is 17.5 Å². The number of nitrogens with zero attached hydrogens (tertiary/aromatic N) is 2. The second-order valence-corrected chi connectivity index (χ2v) is 4.83. The lowest BCUT2D eigenvalue weighted by molar-refractivity contribution is -0.141. The third-order valence-corrected chi connectivity index (χ3v) is 3.20. The molecule has 0 spiro atoms. The predicted octanol–water partition coefficient (Wildman–Crippen LogP) is 4.51. The Hall–Kier alpha value is -1.00. The van der Waals surface area contributed by atoms with E-state index in [4.69, 9.17) is 0 Å². The number of aryl methyl sites for hydroxylation is 1. The highest BCUT2D eigenvalue weighted by Gasteiger charge is 2.34. The van der Waals surface area contributed by atoms with Crippen molar-refractivity contribution in [1.82, 2.24) is 9.78 Å². The number of aromatic nitrogens is 2. The van der Waals surface area contributed by atoms with Crippen LogP contribution in [-0.2, 0) is 13.2 Å². The summed E-state index contributed by atoms with van der Waals surface area (Å²) >= 11 is 0. The maximum absolute atomic E-state index is 12.5. The third kappa shape index (κ3) is 4.03. The minimum atomic E-state index is -4.35. The van der Waals surface area contributed by atoms with E-state index in [0.29, 0.717) is 5.69 Å². The van der Waals surface area contributed by atoms with Crippen LogP contribution in [0.15, 0.2) is 6.07 Å². The SMILES string of the molecule is CCCCCCC(C)c1cc(C(F)(F)F)nn1C. The van der Waals surface area contributed by atoms with Crippen LogP contribution in [0.25, 0.3) is 0 Å². The molecule has 1 atom stereocenters. The van der Waals surface area contributed by atoms with E-state index in [-0.39, 0.29) is 5.92 Å². The number of alkyl halides is 3. The Morgan fingerprint density at radius 2 is 1.94 bits per heavy atom. The fraction of sp³-hybridized carbons (Fsp3) is 0.769. The van der Waals surface area contributed by atoms with Gasteiger partial charge >= 0.3 is 6.18 Å². The van der Waals surface area contributed by atoms with Crippen molar-refractivity contribution in [2.45, 2.75) is 58.0 Å². The van der Waals surface area contributed by atoms with Crippen molar-refractivity contribution < 1.29 is 13.2 Å². The van der Waals surface area contributed by atoms with E-state index < -0.39 is 11.9 Å². The van der Waals surface area contributed by atoms with Gasteiger partial charge in [0.25, 0.3) is 0 Å². The highest BCUT2D eigenvalue weighted by molar-refractivity contribution is 5.16. The molecule has 0 saturated heterocycles. The number of hydrogen-bond donors (Lipinski definition) is 0. The van der Waals surface area contributed by atoms with E-state index in [1.54, 1.807) is 7.05 Å².